The molecule has 0 aliphatic carbocycles. The zero-order valence-corrected chi connectivity index (χ0v) is 10.6. The van der Waals surface area contributed by atoms with E-state index in [0.717, 1.165) is 18.2 Å². The van der Waals surface area contributed by atoms with E-state index < -0.39 is 17.5 Å². The van der Waals surface area contributed by atoms with Crippen molar-refractivity contribution >= 4 is 17.3 Å². The minimum Gasteiger partial charge on any atom is -0.494 e. The first-order chi connectivity index (χ1) is 9.51. The summed E-state index contributed by atoms with van der Waals surface area (Å²) in [6.45, 7) is 0. The normalized spacial score (nSPS) is 10.2. The highest BCUT2D eigenvalue weighted by atomic mass is 19.1. The number of hydrogen-bond donors (Lipinski definition) is 2. The van der Waals surface area contributed by atoms with E-state index in [9.17, 15) is 13.6 Å². The average Bonchev–Trinajstić information content (AvgIpc) is 2.43. The number of nitrogens with two attached hydrogens (primary N) is 1. The van der Waals surface area contributed by atoms with Crippen LogP contribution in [0.4, 0.5) is 20.2 Å². The van der Waals surface area contributed by atoms with Crippen LogP contribution in [0.25, 0.3) is 0 Å². The van der Waals surface area contributed by atoms with Crippen molar-refractivity contribution in [2.45, 2.75) is 0 Å². The molecule has 0 bridgehead atoms. The zero-order valence-electron chi connectivity index (χ0n) is 10.6. The molecule has 6 heteroatoms. The van der Waals surface area contributed by atoms with Gasteiger partial charge < -0.3 is 15.8 Å². The van der Waals surface area contributed by atoms with E-state index in [-0.39, 0.29) is 22.7 Å². The van der Waals surface area contributed by atoms with E-state index in [1.54, 1.807) is 0 Å². The van der Waals surface area contributed by atoms with E-state index in [1.165, 1.54) is 25.3 Å². The van der Waals surface area contributed by atoms with Crippen molar-refractivity contribution < 1.29 is 18.3 Å². The van der Waals surface area contributed by atoms with Crippen molar-refractivity contribution in [3.05, 3.63) is 53.6 Å². The summed E-state index contributed by atoms with van der Waals surface area (Å²) in [5.41, 5.74) is 6.03. The molecule has 0 radical (unpaired) electrons. The molecule has 0 aromatic heterocycles. The number of ether oxygens (including phenoxy) is 1. The van der Waals surface area contributed by atoms with E-state index >= 15 is 0 Å². The Morgan fingerprint density at radius 1 is 1.15 bits per heavy atom. The molecule has 1 amide bonds. The summed E-state index contributed by atoms with van der Waals surface area (Å²) in [6, 6.07) is 7.14. The largest absolute Gasteiger partial charge is 0.494 e. The van der Waals surface area contributed by atoms with E-state index in [2.05, 4.69) is 5.32 Å². The van der Waals surface area contributed by atoms with Gasteiger partial charge in [0.25, 0.3) is 5.91 Å². The number of nitrogens with one attached hydrogen (secondary N) is 1. The molecule has 2 rings (SSSR count). The Morgan fingerprint density at radius 3 is 2.50 bits per heavy atom. The minimum atomic E-state index is -0.605. The van der Waals surface area contributed by atoms with Gasteiger partial charge in [0.2, 0.25) is 0 Å². The lowest BCUT2D eigenvalue weighted by molar-refractivity contribution is 0.102. The Bertz CT molecular complexity index is 660. The van der Waals surface area contributed by atoms with Crippen LogP contribution in [0.15, 0.2) is 36.4 Å². The maximum absolute atomic E-state index is 13.1. The van der Waals surface area contributed by atoms with Gasteiger partial charge in [0.05, 0.1) is 18.4 Å². The van der Waals surface area contributed by atoms with Gasteiger partial charge in [-0.25, -0.2) is 8.78 Å². The highest BCUT2D eigenvalue weighted by Gasteiger charge is 2.13. The molecule has 0 aliphatic rings. The Labute approximate surface area is 114 Å². The summed E-state index contributed by atoms with van der Waals surface area (Å²) >= 11 is 0. The topological polar surface area (TPSA) is 64.3 Å². The first-order valence-corrected chi connectivity index (χ1v) is 5.71. The third-order valence-corrected chi connectivity index (χ3v) is 2.67. The molecule has 104 valence electrons. The summed E-state index contributed by atoms with van der Waals surface area (Å²) in [4.78, 5) is 12.0. The van der Waals surface area contributed by atoms with Gasteiger partial charge in [-0.2, -0.15) is 0 Å². The highest BCUT2D eigenvalue weighted by molar-refractivity contribution is 6.08. The second-order valence-electron chi connectivity index (χ2n) is 4.03. The molecular weight excluding hydrogens is 266 g/mol. The lowest BCUT2D eigenvalue weighted by Gasteiger charge is -2.11. The Hall–Kier alpha value is -2.63. The standard InChI is InChI=1S/C14H12F2N2O2/c1-20-13-7-9(16)3-5-12(13)18-14(19)10-6-8(15)2-4-11(10)17/h2-7H,17H2,1H3,(H,18,19). The quantitative estimate of drug-likeness (QED) is 0.848. The molecule has 3 N–H and O–H groups in total. The van der Waals surface area contributed by atoms with Crippen LogP contribution in [0.5, 0.6) is 5.75 Å². The second-order valence-corrected chi connectivity index (χ2v) is 4.03. The van der Waals surface area contributed by atoms with Crippen LogP contribution in [-0.4, -0.2) is 13.0 Å². The second kappa shape index (κ2) is 5.56. The fourth-order valence-corrected chi connectivity index (χ4v) is 1.68. The lowest BCUT2D eigenvalue weighted by atomic mass is 10.1. The maximum atomic E-state index is 13.1. The molecule has 0 saturated carbocycles. The van der Waals surface area contributed by atoms with Crippen LogP contribution >= 0.6 is 0 Å². The van der Waals surface area contributed by atoms with Gasteiger partial charge in [-0.1, -0.05) is 0 Å². The fourth-order valence-electron chi connectivity index (χ4n) is 1.68. The molecule has 0 unspecified atom stereocenters. The number of nitrogen functional groups attached to an aromatic ring is 1. The Kier molecular flexibility index (Phi) is 3.84. The predicted molar refractivity (Wildman–Crippen MR) is 71.7 cm³/mol. The predicted octanol–water partition coefficient (Wildman–Crippen LogP) is 2.81. The Balaban J connectivity index is 2.30. The summed E-state index contributed by atoms with van der Waals surface area (Å²) in [5.74, 6) is -1.51. The number of halogens is 2. The van der Waals surface area contributed by atoms with Crippen molar-refractivity contribution in [2.24, 2.45) is 0 Å². The van der Waals surface area contributed by atoms with Gasteiger partial charge in [-0.3, -0.25) is 4.79 Å². The van der Waals surface area contributed by atoms with Crippen LogP contribution in [0, 0.1) is 11.6 Å². The highest BCUT2D eigenvalue weighted by Crippen LogP contribution is 2.26. The van der Waals surface area contributed by atoms with Crippen molar-refractivity contribution in [3.63, 3.8) is 0 Å². The number of anilines is 2. The first kappa shape index (κ1) is 13.8. The molecule has 0 spiro atoms. The molecule has 0 atom stereocenters. The van der Waals surface area contributed by atoms with Crippen molar-refractivity contribution in [1.29, 1.82) is 0 Å². The van der Waals surface area contributed by atoms with E-state index in [4.69, 9.17) is 10.5 Å². The SMILES string of the molecule is COc1cc(F)ccc1NC(=O)c1cc(F)ccc1N. The molecule has 4 nitrogen and oxygen atoms in total. The number of rotatable bonds is 3. The first-order valence-electron chi connectivity index (χ1n) is 5.71. The monoisotopic (exact) mass is 278 g/mol. The third-order valence-electron chi connectivity index (χ3n) is 2.67. The summed E-state index contributed by atoms with van der Waals surface area (Å²) < 4.78 is 31.1. The smallest absolute Gasteiger partial charge is 0.257 e. The Morgan fingerprint density at radius 2 is 1.80 bits per heavy atom. The van der Waals surface area contributed by atoms with Crippen LogP contribution in [0.3, 0.4) is 0 Å². The van der Waals surface area contributed by atoms with Crippen LogP contribution in [-0.2, 0) is 0 Å². The van der Waals surface area contributed by atoms with Gasteiger partial charge >= 0.3 is 0 Å². The molecule has 0 saturated heterocycles. The summed E-state index contributed by atoms with van der Waals surface area (Å²) in [7, 11) is 1.35. The molecule has 2 aromatic rings. The number of amides is 1. The molecule has 0 aliphatic heterocycles. The summed E-state index contributed by atoms with van der Waals surface area (Å²) in [5, 5.41) is 2.50. The fraction of sp³-hybridized carbons (Fsp3) is 0.0714. The minimum absolute atomic E-state index is 0.00335. The van der Waals surface area contributed by atoms with Gasteiger partial charge in [0.15, 0.2) is 0 Å². The van der Waals surface area contributed by atoms with Crippen molar-refractivity contribution in [1.82, 2.24) is 0 Å². The van der Waals surface area contributed by atoms with Gasteiger partial charge in [0, 0.05) is 11.8 Å². The van der Waals surface area contributed by atoms with Crippen molar-refractivity contribution in [3.8, 4) is 5.75 Å². The number of carbonyl (C=O) groups excluding carboxylic acids is 1. The van der Waals surface area contributed by atoms with Crippen LogP contribution in [0.1, 0.15) is 10.4 Å². The molecule has 0 heterocycles. The zero-order chi connectivity index (χ0) is 14.7. The van der Waals surface area contributed by atoms with Gasteiger partial charge in [-0.15, -0.1) is 0 Å². The number of carbonyl (C=O) groups is 1. The van der Waals surface area contributed by atoms with Crippen molar-refractivity contribution in [2.75, 3.05) is 18.2 Å². The summed E-state index contributed by atoms with van der Waals surface area (Å²) in [6.07, 6.45) is 0. The number of methoxy groups -OCH3 is 1. The van der Waals surface area contributed by atoms with E-state index in [1.807, 2.05) is 0 Å². The number of benzene rings is 2. The van der Waals surface area contributed by atoms with Crippen LogP contribution < -0.4 is 15.8 Å². The molecular formula is C14H12F2N2O2. The van der Waals surface area contributed by atoms with Gasteiger partial charge in [-0.05, 0) is 30.3 Å². The molecule has 2 aromatic carbocycles. The third kappa shape index (κ3) is 2.85. The number of hydrogen-bond acceptors (Lipinski definition) is 3. The molecule has 20 heavy (non-hydrogen) atoms. The maximum Gasteiger partial charge on any atom is 0.257 e. The lowest BCUT2D eigenvalue weighted by Crippen LogP contribution is -2.15. The van der Waals surface area contributed by atoms with Crippen LogP contribution in [0.2, 0.25) is 0 Å². The molecule has 0 fully saturated rings. The van der Waals surface area contributed by atoms with Gasteiger partial charge in [0.1, 0.15) is 17.4 Å². The van der Waals surface area contributed by atoms with E-state index in [0.29, 0.717) is 0 Å². The average molecular weight is 278 g/mol.